The fourth-order valence-corrected chi connectivity index (χ4v) is 2.76. The van der Waals surface area contributed by atoms with Crippen molar-refractivity contribution in [3.05, 3.63) is 35.9 Å². The van der Waals surface area contributed by atoms with Crippen LogP contribution in [0, 0.1) is 0 Å². The Morgan fingerprint density at radius 1 is 1.39 bits per heavy atom. The number of anilines is 1. The molecular formula is C13H16ClF3N2O3S. The van der Waals surface area contributed by atoms with Gasteiger partial charge in [-0.1, -0.05) is 17.7 Å². The van der Waals surface area contributed by atoms with Crippen molar-refractivity contribution in [2.75, 3.05) is 18.4 Å². The maximum absolute atomic E-state index is 12.6. The highest BCUT2D eigenvalue weighted by Crippen LogP contribution is 2.31. The summed E-state index contributed by atoms with van der Waals surface area (Å²) in [5, 5.41) is 11.6. The second-order valence-corrected chi connectivity index (χ2v) is 7.08. The van der Waals surface area contributed by atoms with Crippen LogP contribution in [0.15, 0.2) is 35.7 Å². The molecular weight excluding hydrogens is 357 g/mol. The number of benzene rings is 1. The maximum Gasteiger partial charge on any atom is 0.418 e. The normalized spacial score (nSPS) is 15.0. The first-order chi connectivity index (χ1) is 10.4. The molecule has 130 valence electrons. The van der Waals surface area contributed by atoms with Gasteiger partial charge in [0.1, 0.15) is 0 Å². The zero-order chi connectivity index (χ0) is 17.9. The molecule has 0 saturated heterocycles. The van der Waals surface area contributed by atoms with E-state index in [1.165, 1.54) is 18.2 Å². The molecule has 1 aromatic carbocycles. The van der Waals surface area contributed by atoms with Crippen molar-refractivity contribution in [3.8, 4) is 0 Å². The lowest BCUT2D eigenvalue weighted by Gasteiger charge is -2.27. The molecule has 5 nitrogen and oxygen atoms in total. The van der Waals surface area contributed by atoms with E-state index < -0.39 is 28.3 Å². The summed E-state index contributed by atoms with van der Waals surface area (Å²) in [4.78, 5) is -0.141. The highest BCUT2D eigenvalue weighted by Gasteiger charge is 2.49. The SMILES string of the molecule is C=CCNS(=O)(=O)c1ccc(NCC(C)(O)C(F)(F)F)c(Cl)c1. The summed E-state index contributed by atoms with van der Waals surface area (Å²) in [6, 6.07) is 3.50. The molecule has 0 spiro atoms. The molecule has 0 amide bonds. The quantitative estimate of drug-likeness (QED) is 0.643. The third kappa shape index (κ3) is 5.10. The van der Waals surface area contributed by atoms with E-state index in [0.29, 0.717) is 6.92 Å². The fourth-order valence-electron chi connectivity index (χ4n) is 1.43. The minimum Gasteiger partial charge on any atom is -0.381 e. The van der Waals surface area contributed by atoms with Gasteiger partial charge in [-0.3, -0.25) is 0 Å². The zero-order valence-electron chi connectivity index (χ0n) is 12.1. The number of aliphatic hydroxyl groups is 1. The summed E-state index contributed by atoms with van der Waals surface area (Å²) >= 11 is 5.87. The summed E-state index contributed by atoms with van der Waals surface area (Å²) in [5.74, 6) is 0. The first-order valence-electron chi connectivity index (χ1n) is 6.34. The van der Waals surface area contributed by atoms with Crippen LogP contribution < -0.4 is 10.0 Å². The molecule has 10 heteroatoms. The maximum atomic E-state index is 12.6. The Hall–Kier alpha value is -1.29. The van der Waals surface area contributed by atoms with Crippen LogP contribution in [0.5, 0.6) is 0 Å². The van der Waals surface area contributed by atoms with E-state index in [1.54, 1.807) is 0 Å². The second-order valence-electron chi connectivity index (χ2n) is 4.91. The third-order valence-corrected chi connectivity index (χ3v) is 4.64. The Balaban J connectivity index is 2.92. The molecule has 1 aromatic rings. The monoisotopic (exact) mass is 372 g/mol. The lowest BCUT2D eigenvalue weighted by Crippen LogP contribution is -2.47. The van der Waals surface area contributed by atoms with E-state index in [1.807, 2.05) is 0 Å². The predicted molar refractivity (Wildman–Crippen MR) is 82.0 cm³/mol. The van der Waals surface area contributed by atoms with Crippen molar-refractivity contribution >= 4 is 27.3 Å². The van der Waals surface area contributed by atoms with Crippen LogP contribution in [0.4, 0.5) is 18.9 Å². The number of nitrogens with one attached hydrogen (secondary N) is 2. The molecule has 0 radical (unpaired) electrons. The summed E-state index contributed by atoms with van der Waals surface area (Å²) < 4.78 is 63.7. The predicted octanol–water partition coefficient (Wildman–Crippen LogP) is 2.53. The van der Waals surface area contributed by atoms with E-state index >= 15 is 0 Å². The number of sulfonamides is 1. The average molecular weight is 373 g/mol. The van der Waals surface area contributed by atoms with Crippen molar-refractivity contribution in [1.29, 1.82) is 0 Å². The molecule has 1 atom stereocenters. The van der Waals surface area contributed by atoms with Gasteiger partial charge in [-0.05, 0) is 25.1 Å². The molecule has 1 unspecified atom stereocenters. The fraction of sp³-hybridized carbons (Fsp3) is 0.385. The standard InChI is InChI=1S/C13H16ClF3N2O3S/c1-3-6-19-23(21,22)9-4-5-11(10(14)7-9)18-8-12(2,20)13(15,16)17/h3-5,7,18-20H,1,6,8H2,2H3. The van der Waals surface area contributed by atoms with Crippen molar-refractivity contribution in [3.63, 3.8) is 0 Å². The molecule has 0 bridgehead atoms. The Labute approximate surface area is 137 Å². The Morgan fingerprint density at radius 3 is 2.48 bits per heavy atom. The molecule has 3 N–H and O–H groups in total. The zero-order valence-corrected chi connectivity index (χ0v) is 13.7. The molecule has 0 aliphatic carbocycles. The van der Waals surface area contributed by atoms with Crippen molar-refractivity contribution < 1.29 is 26.7 Å². The van der Waals surface area contributed by atoms with Crippen LogP contribution in [0.3, 0.4) is 0 Å². The number of hydrogen-bond acceptors (Lipinski definition) is 4. The number of rotatable bonds is 7. The lowest BCUT2D eigenvalue weighted by atomic mass is 10.1. The van der Waals surface area contributed by atoms with Crippen LogP contribution in [0.2, 0.25) is 5.02 Å². The van der Waals surface area contributed by atoms with Crippen LogP contribution in [0.1, 0.15) is 6.92 Å². The van der Waals surface area contributed by atoms with Gasteiger partial charge in [0.25, 0.3) is 0 Å². The summed E-state index contributed by atoms with van der Waals surface area (Å²) in [7, 11) is -3.79. The molecule has 0 aliphatic heterocycles. The van der Waals surface area contributed by atoms with Gasteiger partial charge in [-0.25, -0.2) is 13.1 Å². The highest BCUT2D eigenvalue weighted by atomic mass is 35.5. The van der Waals surface area contributed by atoms with Gasteiger partial charge >= 0.3 is 6.18 Å². The highest BCUT2D eigenvalue weighted by molar-refractivity contribution is 7.89. The van der Waals surface area contributed by atoms with Crippen LogP contribution in [-0.2, 0) is 10.0 Å². The van der Waals surface area contributed by atoms with Gasteiger partial charge in [0.05, 0.1) is 22.2 Å². The first-order valence-corrected chi connectivity index (χ1v) is 8.20. The van der Waals surface area contributed by atoms with Crippen LogP contribution >= 0.6 is 11.6 Å². The van der Waals surface area contributed by atoms with Gasteiger partial charge in [0.2, 0.25) is 10.0 Å². The average Bonchev–Trinajstić information content (AvgIpc) is 2.42. The number of halogens is 4. The van der Waals surface area contributed by atoms with Gasteiger partial charge in [0, 0.05) is 6.54 Å². The van der Waals surface area contributed by atoms with E-state index in [-0.39, 0.29) is 22.2 Å². The minimum atomic E-state index is -4.82. The molecule has 23 heavy (non-hydrogen) atoms. The van der Waals surface area contributed by atoms with Crippen molar-refractivity contribution in [2.45, 2.75) is 23.6 Å². The Bertz CT molecular complexity index is 676. The topological polar surface area (TPSA) is 78.4 Å². The second kappa shape index (κ2) is 7.08. The van der Waals surface area contributed by atoms with Gasteiger partial charge < -0.3 is 10.4 Å². The van der Waals surface area contributed by atoms with Crippen LogP contribution in [-0.4, -0.2) is 38.4 Å². The summed E-state index contributed by atoms with van der Waals surface area (Å²) in [6.45, 7) is 3.18. The van der Waals surface area contributed by atoms with Crippen LogP contribution in [0.25, 0.3) is 0 Å². The molecule has 0 heterocycles. The van der Waals surface area contributed by atoms with E-state index in [4.69, 9.17) is 11.6 Å². The molecule has 1 rings (SSSR count). The van der Waals surface area contributed by atoms with E-state index in [2.05, 4.69) is 16.6 Å². The van der Waals surface area contributed by atoms with Gasteiger partial charge in [-0.2, -0.15) is 13.2 Å². The summed E-state index contributed by atoms with van der Waals surface area (Å²) in [5.41, 5.74) is -2.88. The van der Waals surface area contributed by atoms with Gasteiger partial charge in [-0.15, -0.1) is 6.58 Å². The third-order valence-electron chi connectivity index (χ3n) is 2.90. The Kier molecular flexibility index (Phi) is 6.08. The first kappa shape index (κ1) is 19.8. The molecule has 0 aliphatic rings. The lowest BCUT2D eigenvalue weighted by molar-refractivity contribution is -0.246. The Morgan fingerprint density at radius 2 is 2.00 bits per heavy atom. The van der Waals surface area contributed by atoms with E-state index in [9.17, 15) is 26.7 Å². The number of alkyl halides is 3. The number of hydrogen-bond donors (Lipinski definition) is 3. The van der Waals surface area contributed by atoms with Crippen molar-refractivity contribution in [1.82, 2.24) is 4.72 Å². The minimum absolute atomic E-state index is 0.0222. The molecule has 0 fully saturated rings. The van der Waals surface area contributed by atoms with E-state index in [0.717, 1.165) is 6.07 Å². The summed E-state index contributed by atoms with van der Waals surface area (Å²) in [6.07, 6.45) is -3.46. The van der Waals surface area contributed by atoms with Gasteiger partial charge in [0.15, 0.2) is 5.60 Å². The van der Waals surface area contributed by atoms with Crippen molar-refractivity contribution in [2.24, 2.45) is 0 Å². The largest absolute Gasteiger partial charge is 0.418 e. The molecule has 0 aromatic heterocycles. The smallest absolute Gasteiger partial charge is 0.381 e. The molecule has 0 saturated carbocycles.